The number of nitrogen functional groups attached to an aromatic ring is 2. The number of epoxide rings is 1. The molecule has 0 saturated carbocycles. The largest absolute Gasteiger partial charge is 0.457 e. The summed E-state index contributed by atoms with van der Waals surface area (Å²) >= 11 is 0. The molecule has 1 unspecified atom stereocenters. The molecule has 0 radical (unpaired) electrons. The average Bonchev–Trinajstić information content (AvgIpc) is 3.11. The van der Waals surface area contributed by atoms with E-state index >= 15 is 0 Å². The standard InChI is InChI=1S/C14H14N2O3/c15-9-1-3-10(4-2-9)19-11-5-6-12(13(16)7-11)14(17)8-18-14/h1-7,17H,8,15-16H2. The van der Waals surface area contributed by atoms with Crippen molar-refractivity contribution in [2.45, 2.75) is 5.79 Å². The van der Waals surface area contributed by atoms with Gasteiger partial charge in [0.15, 0.2) is 0 Å². The Morgan fingerprint density at radius 1 is 1.05 bits per heavy atom. The molecule has 2 aromatic carbocycles. The molecule has 0 aromatic heterocycles. The van der Waals surface area contributed by atoms with Gasteiger partial charge in [0.25, 0.3) is 0 Å². The summed E-state index contributed by atoms with van der Waals surface area (Å²) in [5, 5.41) is 9.84. The van der Waals surface area contributed by atoms with E-state index in [1.54, 1.807) is 42.5 Å². The predicted octanol–water partition coefficient (Wildman–Crippen LogP) is 1.82. The van der Waals surface area contributed by atoms with Gasteiger partial charge in [0, 0.05) is 23.0 Å². The van der Waals surface area contributed by atoms with Crippen molar-refractivity contribution >= 4 is 11.4 Å². The van der Waals surface area contributed by atoms with E-state index in [4.69, 9.17) is 20.9 Å². The van der Waals surface area contributed by atoms with Crippen LogP contribution in [-0.4, -0.2) is 11.7 Å². The summed E-state index contributed by atoms with van der Waals surface area (Å²) in [6, 6.07) is 12.2. The van der Waals surface area contributed by atoms with Gasteiger partial charge in [-0.05, 0) is 36.4 Å². The fourth-order valence-electron chi connectivity index (χ4n) is 1.86. The van der Waals surface area contributed by atoms with Crippen molar-refractivity contribution in [3.63, 3.8) is 0 Å². The third-order valence-electron chi connectivity index (χ3n) is 2.98. The van der Waals surface area contributed by atoms with Crippen LogP contribution in [0.1, 0.15) is 5.56 Å². The zero-order chi connectivity index (χ0) is 13.5. The molecule has 2 aromatic rings. The lowest BCUT2D eigenvalue weighted by atomic mass is 10.1. The highest BCUT2D eigenvalue weighted by Gasteiger charge is 2.45. The summed E-state index contributed by atoms with van der Waals surface area (Å²) in [5.41, 5.74) is 13.2. The second-order valence-corrected chi connectivity index (χ2v) is 4.49. The van der Waals surface area contributed by atoms with Crippen LogP contribution < -0.4 is 16.2 Å². The third-order valence-corrected chi connectivity index (χ3v) is 2.98. The molecule has 1 aliphatic heterocycles. The van der Waals surface area contributed by atoms with Crippen molar-refractivity contribution in [2.24, 2.45) is 0 Å². The Morgan fingerprint density at radius 3 is 2.26 bits per heavy atom. The molecule has 5 N–H and O–H groups in total. The van der Waals surface area contributed by atoms with Crippen LogP contribution in [0.5, 0.6) is 11.5 Å². The Hall–Kier alpha value is -2.24. The van der Waals surface area contributed by atoms with Crippen LogP contribution in [0.25, 0.3) is 0 Å². The van der Waals surface area contributed by atoms with E-state index in [-0.39, 0.29) is 6.61 Å². The molecule has 1 fully saturated rings. The van der Waals surface area contributed by atoms with Crippen LogP contribution in [0.2, 0.25) is 0 Å². The Labute approximate surface area is 110 Å². The zero-order valence-corrected chi connectivity index (χ0v) is 10.2. The first-order chi connectivity index (χ1) is 9.07. The van der Waals surface area contributed by atoms with Gasteiger partial charge in [-0.3, -0.25) is 0 Å². The summed E-state index contributed by atoms with van der Waals surface area (Å²) in [6.07, 6.45) is 0. The molecular weight excluding hydrogens is 244 g/mol. The van der Waals surface area contributed by atoms with Crippen molar-refractivity contribution in [2.75, 3.05) is 18.1 Å². The van der Waals surface area contributed by atoms with Crippen LogP contribution >= 0.6 is 0 Å². The third kappa shape index (κ3) is 2.33. The van der Waals surface area contributed by atoms with Gasteiger partial charge in [0.05, 0.1) is 0 Å². The van der Waals surface area contributed by atoms with Crippen LogP contribution in [0, 0.1) is 0 Å². The number of hydrogen-bond acceptors (Lipinski definition) is 5. The Morgan fingerprint density at radius 2 is 1.68 bits per heavy atom. The number of rotatable bonds is 3. The number of hydrogen-bond donors (Lipinski definition) is 3. The van der Waals surface area contributed by atoms with Crippen molar-refractivity contribution in [1.29, 1.82) is 0 Å². The van der Waals surface area contributed by atoms with E-state index in [0.29, 0.717) is 28.4 Å². The Kier molecular flexibility index (Phi) is 2.58. The summed E-state index contributed by atoms with van der Waals surface area (Å²) in [5.74, 6) is 0.0436. The second-order valence-electron chi connectivity index (χ2n) is 4.49. The summed E-state index contributed by atoms with van der Waals surface area (Å²) < 4.78 is 10.6. The van der Waals surface area contributed by atoms with Gasteiger partial charge in [0.2, 0.25) is 5.79 Å². The Balaban J connectivity index is 1.82. The molecule has 1 heterocycles. The van der Waals surface area contributed by atoms with Crippen LogP contribution in [0.15, 0.2) is 42.5 Å². The topological polar surface area (TPSA) is 94.0 Å². The molecular formula is C14H14N2O3. The maximum Gasteiger partial charge on any atom is 0.219 e. The van der Waals surface area contributed by atoms with Gasteiger partial charge < -0.3 is 26.0 Å². The zero-order valence-electron chi connectivity index (χ0n) is 10.2. The number of anilines is 2. The van der Waals surface area contributed by atoms with Gasteiger partial charge in [-0.25, -0.2) is 0 Å². The van der Waals surface area contributed by atoms with Crippen molar-refractivity contribution < 1.29 is 14.6 Å². The molecule has 0 spiro atoms. The fraction of sp³-hybridized carbons (Fsp3) is 0.143. The monoisotopic (exact) mass is 258 g/mol. The predicted molar refractivity (Wildman–Crippen MR) is 71.6 cm³/mol. The summed E-state index contributed by atoms with van der Waals surface area (Å²) in [6.45, 7) is 0.273. The lowest BCUT2D eigenvalue weighted by Crippen LogP contribution is -2.09. The first-order valence-corrected chi connectivity index (χ1v) is 5.86. The first kappa shape index (κ1) is 11.8. The smallest absolute Gasteiger partial charge is 0.219 e. The Bertz CT molecular complexity index is 607. The number of aliphatic hydroxyl groups is 1. The van der Waals surface area contributed by atoms with E-state index in [2.05, 4.69) is 0 Å². The highest BCUT2D eigenvalue weighted by molar-refractivity contribution is 5.55. The maximum atomic E-state index is 9.84. The molecule has 1 saturated heterocycles. The van der Waals surface area contributed by atoms with Crippen LogP contribution in [0.3, 0.4) is 0 Å². The van der Waals surface area contributed by atoms with Crippen molar-refractivity contribution in [1.82, 2.24) is 0 Å². The average molecular weight is 258 g/mol. The van der Waals surface area contributed by atoms with Gasteiger partial charge in [-0.15, -0.1) is 0 Å². The van der Waals surface area contributed by atoms with Gasteiger partial charge >= 0.3 is 0 Å². The normalized spacial score (nSPS) is 21.1. The van der Waals surface area contributed by atoms with Gasteiger partial charge in [0.1, 0.15) is 18.1 Å². The number of nitrogens with two attached hydrogens (primary N) is 2. The molecule has 0 aliphatic carbocycles. The van der Waals surface area contributed by atoms with E-state index in [0.717, 1.165) is 0 Å². The number of benzene rings is 2. The highest BCUT2D eigenvalue weighted by Crippen LogP contribution is 2.40. The summed E-state index contributed by atoms with van der Waals surface area (Å²) in [4.78, 5) is 0. The molecule has 1 atom stereocenters. The molecule has 19 heavy (non-hydrogen) atoms. The second kappa shape index (κ2) is 4.15. The molecule has 98 valence electrons. The first-order valence-electron chi connectivity index (χ1n) is 5.86. The van der Waals surface area contributed by atoms with Crippen molar-refractivity contribution in [3.05, 3.63) is 48.0 Å². The number of ether oxygens (including phenoxy) is 2. The highest BCUT2D eigenvalue weighted by atomic mass is 16.7. The van der Waals surface area contributed by atoms with E-state index in [1.165, 1.54) is 0 Å². The van der Waals surface area contributed by atoms with E-state index in [1.807, 2.05) is 0 Å². The van der Waals surface area contributed by atoms with Crippen LogP contribution in [-0.2, 0) is 10.5 Å². The molecule has 5 heteroatoms. The molecule has 0 bridgehead atoms. The maximum absolute atomic E-state index is 9.84. The van der Waals surface area contributed by atoms with E-state index in [9.17, 15) is 5.11 Å². The minimum absolute atomic E-state index is 0.273. The molecule has 5 nitrogen and oxygen atoms in total. The van der Waals surface area contributed by atoms with E-state index < -0.39 is 5.79 Å². The SMILES string of the molecule is Nc1ccc(Oc2ccc(C3(O)CO3)c(N)c2)cc1. The molecule has 0 amide bonds. The van der Waals surface area contributed by atoms with Crippen LogP contribution in [0.4, 0.5) is 11.4 Å². The summed E-state index contributed by atoms with van der Waals surface area (Å²) in [7, 11) is 0. The van der Waals surface area contributed by atoms with Crippen molar-refractivity contribution in [3.8, 4) is 11.5 Å². The van der Waals surface area contributed by atoms with Gasteiger partial charge in [-0.1, -0.05) is 0 Å². The minimum Gasteiger partial charge on any atom is -0.457 e. The molecule has 1 aliphatic rings. The fourth-order valence-corrected chi connectivity index (χ4v) is 1.86. The lowest BCUT2D eigenvalue weighted by molar-refractivity contribution is 0.0341. The quantitative estimate of drug-likeness (QED) is 0.576. The minimum atomic E-state index is -1.22. The van der Waals surface area contributed by atoms with Gasteiger partial charge in [-0.2, -0.15) is 0 Å². The molecule has 3 rings (SSSR count). The lowest BCUT2D eigenvalue weighted by Gasteiger charge is -2.11.